The van der Waals surface area contributed by atoms with E-state index in [0.29, 0.717) is 23.5 Å². The number of aryl methyl sites for hydroxylation is 1. The second-order valence-corrected chi connectivity index (χ2v) is 10.4. The largest absolute Gasteiger partial charge is 0.363 e. The number of aromatic nitrogens is 5. The molecule has 1 amide bonds. The van der Waals surface area contributed by atoms with Gasteiger partial charge < -0.3 is 15.2 Å². The zero-order valence-corrected chi connectivity index (χ0v) is 22.3. The topological polar surface area (TPSA) is 97.6 Å². The average Bonchev–Trinajstić information content (AvgIpc) is 3.60. The fourth-order valence-electron chi connectivity index (χ4n) is 4.55. The molecule has 0 aliphatic rings. The number of halogens is 2. The third-order valence-corrected chi connectivity index (χ3v) is 7.68. The Morgan fingerprint density at radius 1 is 1.00 bits per heavy atom. The Balaban J connectivity index is 1.18. The molecule has 0 aliphatic heterocycles. The SMILES string of the molecule is CC(NC(=O)c1cccnc1NCc1ncc(-c2ccc3ncc4ncn(C)c4c3c2)s1)c1ccc(F)c(F)c1. The van der Waals surface area contributed by atoms with E-state index < -0.39 is 17.7 Å². The summed E-state index contributed by atoms with van der Waals surface area (Å²) in [6, 6.07) is 12.5. The number of anilines is 1. The van der Waals surface area contributed by atoms with E-state index in [1.54, 1.807) is 37.8 Å². The molecule has 0 radical (unpaired) electrons. The van der Waals surface area contributed by atoms with E-state index in [4.69, 9.17) is 0 Å². The molecule has 0 bridgehead atoms. The summed E-state index contributed by atoms with van der Waals surface area (Å²) < 4.78 is 28.9. The minimum absolute atomic E-state index is 0.330. The van der Waals surface area contributed by atoms with Crippen LogP contribution in [0.3, 0.4) is 0 Å². The summed E-state index contributed by atoms with van der Waals surface area (Å²) in [5.41, 5.74) is 4.57. The number of rotatable bonds is 7. The van der Waals surface area contributed by atoms with Crippen LogP contribution in [0.2, 0.25) is 0 Å². The monoisotopic (exact) mass is 555 g/mol. The third kappa shape index (κ3) is 4.87. The molecule has 1 atom stereocenters. The van der Waals surface area contributed by atoms with Crippen molar-refractivity contribution in [2.24, 2.45) is 7.05 Å². The second kappa shape index (κ2) is 10.4. The molecule has 8 nitrogen and oxygen atoms in total. The molecule has 0 spiro atoms. The molecule has 6 rings (SSSR count). The lowest BCUT2D eigenvalue weighted by atomic mass is 10.1. The van der Waals surface area contributed by atoms with Crippen LogP contribution in [0.5, 0.6) is 0 Å². The lowest BCUT2D eigenvalue weighted by Gasteiger charge is -2.16. The number of fused-ring (bicyclic) bond motifs is 3. The van der Waals surface area contributed by atoms with Gasteiger partial charge in [-0.05, 0) is 54.4 Å². The van der Waals surface area contributed by atoms with Gasteiger partial charge in [-0.2, -0.15) is 0 Å². The molecule has 0 fully saturated rings. The van der Waals surface area contributed by atoms with Crippen molar-refractivity contribution in [1.82, 2.24) is 29.8 Å². The number of pyridine rings is 2. The van der Waals surface area contributed by atoms with Gasteiger partial charge in [0.1, 0.15) is 16.3 Å². The molecule has 0 aliphatic carbocycles. The zero-order chi connectivity index (χ0) is 27.8. The van der Waals surface area contributed by atoms with Crippen molar-refractivity contribution < 1.29 is 13.6 Å². The van der Waals surface area contributed by atoms with Crippen molar-refractivity contribution in [3.8, 4) is 10.4 Å². The Hall–Kier alpha value is -4.77. The predicted octanol–water partition coefficient (Wildman–Crippen LogP) is 6.02. The highest BCUT2D eigenvalue weighted by Gasteiger charge is 2.17. The summed E-state index contributed by atoms with van der Waals surface area (Å²) in [6.45, 7) is 2.06. The predicted molar refractivity (Wildman–Crippen MR) is 151 cm³/mol. The number of imidazole rings is 1. The summed E-state index contributed by atoms with van der Waals surface area (Å²) in [5.74, 6) is -1.89. The summed E-state index contributed by atoms with van der Waals surface area (Å²) in [7, 11) is 1.97. The zero-order valence-electron chi connectivity index (χ0n) is 21.5. The van der Waals surface area contributed by atoms with Crippen LogP contribution in [0.1, 0.15) is 33.9 Å². The van der Waals surface area contributed by atoms with Crippen LogP contribution in [0.25, 0.3) is 32.4 Å². The van der Waals surface area contributed by atoms with Crippen molar-refractivity contribution in [3.63, 3.8) is 0 Å². The molecule has 200 valence electrons. The van der Waals surface area contributed by atoms with Crippen molar-refractivity contribution in [2.45, 2.75) is 19.5 Å². The number of hydrogen-bond acceptors (Lipinski definition) is 7. The van der Waals surface area contributed by atoms with Crippen LogP contribution in [-0.2, 0) is 13.6 Å². The van der Waals surface area contributed by atoms with Crippen LogP contribution >= 0.6 is 11.3 Å². The molecular weight excluding hydrogens is 532 g/mol. The van der Waals surface area contributed by atoms with E-state index in [0.717, 1.165) is 49.5 Å². The minimum Gasteiger partial charge on any atom is -0.363 e. The first-order chi connectivity index (χ1) is 19.4. The van der Waals surface area contributed by atoms with Crippen molar-refractivity contribution >= 4 is 45.0 Å². The number of carbonyl (C=O) groups excluding carboxylic acids is 1. The quantitative estimate of drug-likeness (QED) is 0.250. The highest BCUT2D eigenvalue weighted by molar-refractivity contribution is 7.15. The van der Waals surface area contributed by atoms with Gasteiger partial charge in [0, 0.05) is 24.8 Å². The molecule has 0 saturated heterocycles. The summed E-state index contributed by atoms with van der Waals surface area (Å²) in [4.78, 5) is 31.8. The Labute approximate surface area is 231 Å². The van der Waals surface area contributed by atoms with Crippen molar-refractivity contribution in [1.29, 1.82) is 0 Å². The Bertz CT molecular complexity index is 1880. The maximum atomic E-state index is 13.7. The van der Waals surface area contributed by atoms with Crippen molar-refractivity contribution in [2.75, 3.05) is 5.32 Å². The number of nitrogens with zero attached hydrogens (tertiary/aromatic N) is 5. The highest BCUT2D eigenvalue weighted by atomic mass is 32.1. The van der Waals surface area contributed by atoms with Crippen LogP contribution in [0, 0.1) is 11.6 Å². The van der Waals surface area contributed by atoms with Crippen LogP contribution in [-0.4, -0.2) is 30.4 Å². The smallest absolute Gasteiger partial charge is 0.255 e. The van der Waals surface area contributed by atoms with Crippen molar-refractivity contribution in [3.05, 3.63) is 101 Å². The number of benzene rings is 2. The number of amides is 1. The van der Waals surface area contributed by atoms with Gasteiger partial charge >= 0.3 is 0 Å². The van der Waals surface area contributed by atoms with Gasteiger partial charge in [-0.25, -0.2) is 23.7 Å². The van der Waals surface area contributed by atoms with Gasteiger partial charge in [-0.15, -0.1) is 11.3 Å². The van der Waals surface area contributed by atoms with Crippen LogP contribution < -0.4 is 10.6 Å². The number of thiazole rings is 1. The average molecular weight is 556 g/mol. The van der Waals surface area contributed by atoms with E-state index in [1.165, 1.54) is 17.4 Å². The number of carbonyl (C=O) groups is 1. The van der Waals surface area contributed by atoms with E-state index in [-0.39, 0.29) is 5.91 Å². The van der Waals surface area contributed by atoms with Crippen LogP contribution in [0.15, 0.2) is 73.4 Å². The summed E-state index contributed by atoms with van der Waals surface area (Å²) >= 11 is 1.54. The summed E-state index contributed by atoms with van der Waals surface area (Å²) in [6.07, 6.45) is 6.98. The standard InChI is InChI=1S/C29H23F2N7OS/c1-16(17-5-7-21(30)22(31)11-17)37-29(39)19-4-3-9-32-28(19)35-14-26-34-13-25(40-26)18-6-8-23-20(10-18)27-24(12-33-23)36-15-38(27)2/h3-13,15-16H,14H2,1-2H3,(H,32,35)(H,37,39). The van der Waals surface area contributed by atoms with Gasteiger partial charge in [0.15, 0.2) is 11.6 Å². The Kier molecular flexibility index (Phi) is 6.64. The molecule has 11 heteroatoms. The molecule has 6 aromatic rings. The molecule has 1 unspecified atom stereocenters. The number of nitrogens with one attached hydrogen (secondary N) is 2. The number of hydrogen-bond donors (Lipinski definition) is 2. The fourth-order valence-corrected chi connectivity index (χ4v) is 5.40. The Morgan fingerprint density at radius 2 is 1.88 bits per heavy atom. The highest BCUT2D eigenvalue weighted by Crippen LogP contribution is 2.31. The van der Waals surface area contributed by atoms with Gasteiger partial charge in [-0.3, -0.25) is 9.78 Å². The normalized spacial score (nSPS) is 12.1. The minimum atomic E-state index is -0.962. The summed E-state index contributed by atoms with van der Waals surface area (Å²) in [5, 5.41) is 7.86. The molecule has 40 heavy (non-hydrogen) atoms. The van der Waals surface area contributed by atoms with Gasteiger partial charge in [-0.1, -0.05) is 12.1 Å². The first-order valence-corrected chi connectivity index (χ1v) is 13.3. The van der Waals surface area contributed by atoms with Gasteiger partial charge in [0.2, 0.25) is 0 Å². The molecule has 2 N–H and O–H groups in total. The van der Waals surface area contributed by atoms with E-state index >= 15 is 0 Å². The fraction of sp³-hybridized carbons (Fsp3) is 0.138. The third-order valence-electron chi connectivity index (χ3n) is 6.63. The molecular formula is C29H23F2N7OS. The van der Waals surface area contributed by atoms with Gasteiger partial charge in [0.05, 0.1) is 46.6 Å². The second-order valence-electron chi connectivity index (χ2n) is 9.32. The lowest BCUT2D eigenvalue weighted by molar-refractivity contribution is 0.0940. The lowest BCUT2D eigenvalue weighted by Crippen LogP contribution is -2.27. The van der Waals surface area contributed by atoms with Crippen LogP contribution in [0.4, 0.5) is 14.6 Å². The van der Waals surface area contributed by atoms with E-state index in [2.05, 4.69) is 36.6 Å². The molecule has 0 saturated carbocycles. The first kappa shape index (κ1) is 25.5. The Morgan fingerprint density at radius 3 is 2.73 bits per heavy atom. The maximum Gasteiger partial charge on any atom is 0.255 e. The van der Waals surface area contributed by atoms with Gasteiger partial charge in [0.25, 0.3) is 5.91 Å². The first-order valence-electron chi connectivity index (χ1n) is 12.5. The van der Waals surface area contributed by atoms with E-state index in [9.17, 15) is 13.6 Å². The molecule has 2 aromatic carbocycles. The molecule has 4 aromatic heterocycles. The molecule has 4 heterocycles. The maximum absolute atomic E-state index is 13.7. The van der Waals surface area contributed by atoms with E-state index in [1.807, 2.05) is 29.9 Å².